The molecule has 5 aromatic rings. The minimum atomic E-state index is -0.169. The molecule has 0 fully saturated rings. The summed E-state index contributed by atoms with van der Waals surface area (Å²) in [6.07, 6.45) is 7.02. The van der Waals surface area contributed by atoms with E-state index in [1.54, 1.807) is 34.6 Å². The minimum Gasteiger partial charge on any atom is -0.348 e. The number of carbonyl (C=O) groups excluding carboxylic acids is 1. The number of pyridine rings is 2. The summed E-state index contributed by atoms with van der Waals surface area (Å²) in [4.78, 5) is 25.1. The maximum atomic E-state index is 13.3. The Kier molecular flexibility index (Phi) is 5.70. The molecule has 0 saturated carbocycles. The van der Waals surface area contributed by atoms with Crippen molar-refractivity contribution in [1.29, 1.82) is 0 Å². The summed E-state index contributed by atoms with van der Waals surface area (Å²) < 4.78 is 3.56. The number of nitrogens with zero attached hydrogens (tertiary/aromatic N) is 6. The lowest BCUT2D eigenvalue weighted by molar-refractivity contribution is 0.0952. The smallest absolute Gasteiger partial charge is 0.252 e. The van der Waals surface area contributed by atoms with Crippen LogP contribution in [0.1, 0.15) is 45.6 Å². The second-order valence-corrected chi connectivity index (χ2v) is 9.92. The molecule has 0 aliphatic heterocycles. The number of thiophene rings is 1. The Morgan fingerprint density at radius 3 is 2.65 bits per heavy atom. The molecule has 0 aliphatic rings. The van der Waals surface area contributed by atoms with Crippen molar-refractivity contribution in [2.45, 2.75) is 40.3 Å². The van der Waals surface area contributed by atoms with Crippen LogP contribution in [0.25, 0.3) is 28.1 Å². The quantitative estimate of drug-likeness (QED) is 0.382. The summed E-state index contributed by atoms with van der Waals surface area (Å²) in [6, 6.07) is 9.79. The monoisotopic (exact) mass is 471 g/mol. The molecular formula is C25H25N7OS. The predicted molar refractivity (Wildman–Crippen MR) is 133 cm³/mol. The SMILES string of the molecule is Cc1cc(-c2cc(C(=O)NCc3ccc(-n4cccn4)nc3)c3cnn(C(C)C)c3n2)c(C)s1. The van der Waals surface area contributed by atoms with Gasteiger partial charge in [-0.2, -0.15) is 10.2 Å². The zero-order chi connectivity index (χ0) is 23.8. The van der Waals surface area contributed by atoms with Crippen LogP contribution < -0.4 is 5.32 Å². The van der Waals surface area contributed by atoms with Crippen LogP contribution in [-0.2, 0) is 6.54 Å². The molecule has 172 valence electrons. The van der Waals surface area contributed by atoms with Gasteiger partial charge in [-0.25, -0.2) is 19.3 Å². The van der Waals surface area contributed by atoms with E-state index < -0.39 is 0 Å². The molecule has 0 aromatic carbocycles. The number of carbonyl (C=O) groups is 1. The number of fused-ring (bicyclic) bond motifs is 1. The third-order valence-electron chi connectivity index (χ3n) is 5.62. The Bertz CT molecular complexity index is 1460. The first-order valence-electron chi connectivity index (χ1n) is 11.1. The summed E-state index contributed by atoms with van der Waals surface area (Å²) in [6.45, 7) is 8.63. The van der Waals surface area contributed by atoms with Crippen molar-refractivity contribution < 1.29 is 4.79 Å². The fraction of sp³-hybridized carbons (Fsp3) is 0.240. The fourth-order valence-electron chi connectivity index (χ4n) is 3.95. The molecule has 0 radical (unpaired) electrons. The summed E-state index contributed by atoms with van der Waals surface area (Å²) in [5.74, 6) is 0.556. The van der Waals surface area contributed by atoms with E-state index in [9.17, 15) is 4.79 Å². The summed E-state index contributed by atoms with van der Waals surface area (Å²) >= 11 is 1.73. The second-order valence-electron chi connectivity index (χ2n) is 8.46. The molecule has 9 heteroatoms. The molecule has 0 atom stereocenters. The Hall–Kier alpha value is -3.85. The Morgan fingerprint density at radius 2 is 2.00 bits per heavy atom. The van der Waals surface area contributed by atoms with E-state index in [1.807, 2.05) is 35.1 Å². The number of nitrogens with one attached hydrogen (secondary N) is 1. The van der Waals surface area contributed by atoms with Crippen LogP contribution >= 0.6 is 11.3 Å². The van der Waals surface area contributed by atoms with Gasteiger partial charge >= 0.3 is 0 Å². The highest BCUT2D eigenvalue weighted by atomic mass is 32.1. The molecule has 0 saturated heterocycles. The van der Waals surface area contributed by atoms with Gasteiger partial charge in [-0.15, -0.1) is 11.3 Å². The van der Waals surface area contributed by atoms with E-state index in [0.29, 0.717) is 17.8 Å². The normalized spacial score (nSPS) is 11.4. The number of aryl methyl sites for hydroxylation is 2. The van der Waals surface area contributed by atoms with Crippen molar-refractivity contribution in [3.05, 3.63) is 76.0 Å². The van der Waals surface area contributed by atoms with Gasteiger partial charge in [-0.05, 0) is 57.5 Å². The topological polar surface area (TPSA) is 90.5 Å². The van der Waals surface area contributed by atoms with Gasteiger partial charge in [-0.3, -0.25) is 4.79 Å². The maximum absolute atomic E-state index is 13.3. The van der Waals surface area contributed by atoms with Crippen molar-refractivity contribution in [2.24, 2.45) is 0 Å². The van der Waals surface area contributed by atoms with Gasteiger partial charge in [0.05, 0.1) is 22.8 Å². The van der Waals surface area contributed by atoms with Crippen LogP contribution in [0.3, 0.4) is 0 Å². The lowest BCUT2D eigenvalue weighted by Crippen LogP contribution is -2.23. The highest BCUT2D eigenvalue weighted by molar-refractivity contribution is 7.12. The average molecular weight is 472 g/mol. The van der Waals surface area contributed by atoms with Crippen LogP contribution in [0.15, 0.2) is 55.1 Å². The van der Waals surface area contributed by atoms with Crippen molar-refractivity contribution in [2.75, 3.05) is 0 Å². The molecule has 0 unspecified atom stereocenters. The summed E-state index contributed by atoms with van der Waals surface area (Å²) in [5.41, 5.74) is 4.01. The number of hydrogen-bond acceptors (Lipinski definition) is 6. The molecule has 5 heterocycles. The Morgan fingerprint density at radius 1 is 1.15 bits per heavy atom. The van der Waals surface area contributed by atoms with Gasteiger partial charge in [0, 0.05) is 46.5 Å². The lowest BCUT2D eigenvalue weighted by Gasteiger charge is -2.11. The molecule has 8 nitrogen and oxygen atoms in total. The molecule has 0 bridgehead atoms. The third kappa shape index (κ3) is 4.10. The molecule has 0 aliphatic carbocycles. The largest absolute Gasteiger partial charge is 0.348 e. The van der Waals surface area contributed by atoms with Gasteiger partial charge in [0.1, 0.15) is 0 Å². The first-order chi connectivity index (χ1) is 16.4. The molecule has 1 N–H and O–H groups in total. The average Bonchev–Trinajstić information content (AvgIpc) is 3.57. The number of hydrogen-bond donors (Lipinski definition) is 1. The molecule has 1 amide bonds. The second kappa shape index (κ2) is 8.83. The van der Waals surface area contributed by atoms with Gasteiger partial charge in [0.25, 0.3) is 5.91 Å². The van der Waals surface area contributed by atoms with Crippen molar-refractivity contribution >= 4 is 28.3 Å². The molecular weight excluding hydrogens is 446 g/mol. The van der Waals surface area contributed by atoms with E-state index >= 15 is 0 Å². The van der Waals surface area contributed by atoms with Gasteiger partial charge in [0.2, 0.25) is 0 Å². The summed E-state index contributed by atoms with van der Waals surface area (Å²) in [7, 11) is 0. The van der Waals surface area contributed by atoms with Gasteiger partial charge in [0.15, 0.2) is 11.5 Å². The Balaban J connectivity index is 1.46. The molecule has 0 spiro atoms. The lowest BCUT2D eigenvalue weighted by atomic mass is 10.1. The van der Waals surface area contributed by atoms with E-state index in [4.69, 9.17) is 4.98 Å². The number of amides is 1. The standard InChI is InChI=1S/C25H25N7OS/c1-15(2)32-24-21(14-29-32)20(11-22(30-24)19-10-16(3)34-17(19)4)25(33)27-13-18-6-7-23(26-12-18)31-9-5-8-28-31/h5-12,14-15H,13H2,1-4H3,(H,27,33). The Labute approximate surface area is 201 Å². The third-order valence-corrected chi connectivity index (χ3v) is 6.58. The van der Waals surface area contributed by atoms with Crippen molar-refractivity contribution in [1.82, 2.24) is 34.8 Å². The minimum absolute atomic E-state index is 0.126. The van der Waals surface area contributed by atoms with Crippen LogP contribution in [-0.4, -0.2) is 35.4 Å². The van der Waals surface area contributed by atoms with Gasteiger partial charge < -0.3 is 5.32 Å². The first-order valence-corrected chi connectivity index (χ1v) is 11.9. The van der Waals surface area contributed by atoms with E-state index in [2.05, 4.69) is 54.3 Å². The van der Waals surface area contributed by atoms with E-state index in [0.717, 1.165) is 28.0 Å². The molecule has 5 rings (SSSR count). The highest BCUT2D eigenvalue weighted by Crippen LogP contribution is 2.32. The fourth-order valence-corrected chi connectivity index (χ4v) is 4.88. The van der Waals surface area contributed by atoms with Gasteiger partial charge in [-0.1, -0.05) is 6.07 Å². The zero-order valence-corrected chi connectivity index (χ0v) is 20.3. The van der Waals surface area contributed by atoms with Crippen LogP contribution in [0.4, 0.5) is 0 Å². The maximum Gasteiger partial charge on any atom is 0.252 e. The molecule has 34 heavy (non-hydrogen) atoms. The van der Waals surface area contributed by atoms with Crippen LogP contribution in [0, 0.1) is 13.8 Å². The van der Waals surface area contributed by atoms with Crippen molar-refractivity contribution in [3.63, 3.8) is 0 Å². The zero-order valence-electron chi connectivity index (χ0n) is 19.5. The van der Waals surface area contributed by atoms with E-state index in [-0.39, 0.29) is 11.9 Å². The highest BCUT2D eigenvalue weighted by Gasteiger charge is 2.20. The van der Waals surface area contributed by atoms with Crippen LogP contribution in [0.2, 0.25) is 0 Å². The number of aromatic nitrogens is 6. The summed E-state index contributed by atoms with van der Waals surface area (Å²) in [5, 5.41) is 12.5. The van der Waals surface area contributed by atoms with E-state index in [1.165, 1.54) is 9.75 Å². The number of rotatable bonds is 6. The van der Waals surface area contributed by atoms with Crippen LogP contribution in [0.5, 0.6) is 0 Å². The molecule has 5 aromatic heterocycles. The predicted octanol–water partition coefficient (Wildman–Crippen LogP) is 4.87. The first kappa shape index (κ1) is 22.0. The van der Waals surface area contributed by atoms with Crippen molar-refractivity contribution in [3.8, 4) is 17.1 Å².